The summed E-state index contributed by atoms with van der Waals surface area (Å²) in [7, 11) is 0. The molecule has 3 rings (SSSR count). The van der Waals surface area contributed by atoms with E-state index in [1.54, 1.807) is 25.1 Å². The van der Waals surface area contributed by atoms with E-state index < -0.39 is 12.0 Å². The highest BCUT2D eigenvalue weighted by Crippen LogP contribution is 2.35. The second kappa shape index (κ2) is 8.37. The summed E-state index contributed by atoms with van der Waals surface area (Å²) in [5.74, 6) is -0.387. The van der Waals surface area contributed by atoms with Crippen LogP contribution in [0.15, 0.2) is 65.1 Å². The molecular weight excluding hydrogens is 428 g/mol. The van der Waals surface area contributed by atoms with Crippen molar-refractivity contribution >= 4 is 44.1 Å². The zero-order valence-corrected chi connectivity index (χ0v) is 16.8. The van der Waals surface area contributed by atoms with Gasteiger partial charge in [0.05, 0.1) is 5.56 Å². The summed E-state index contributed by atoms with van der Waals surface area (Å²) in [5.41, 5.74) is 6.71. The minimum Gasteiger partial charge on any atom is -0.481 e. The van der Waals surface area contributed by atoms with Crippen LogP contribution >= 0.6 is 27.3 Å². The van der Waals surface area contributed by atoms with Crippen LogP contribution in [0.5, 0.6) is 5.75 Å². The fraction of sp³-hybridized carbons (Fsp3) is 0.100. The summed E-state index contributed by atoms with van der Waals surface area (Å²) in [6.45, 7) is 1.64. The summed E-state index contributed by atoms with van der Waals surface area (Å²) in [5, 5.41) is 3.17. The van der Waals surface area contributed by atoms with Gasteiger partial charge in [-0.25, -0.2) is 0 Å². The summed E-state index contributed by atoms with van der Waals surface area (Å²) in [4.78, 5) is 25.2. The molecule has 1 aromatic heterocycles. The van der Waals surface area contributed by atoms with Crippen LogP contribution in [0.1, 0.15) is 17.3 Å². The molecule has 2 aromatic carbocycles. The number of thiophene rings is 1. The van der Waals surface area contributed by atoms with Gasteiger partial charge in [0.15, 0.2) is 6.10 Å². The molecule has 3 aromatic rings. The fourth-order valence-corrected chi connectivity index (χ4v) is 3.87. The maximum Gasteiger partial charge on any atom is 0.265 e. The third-order valence-electron chi connectivity index (χ3n) is 3.77. The van der Waals surface area contributed by atoms with Crippen LogP contribution in [-0.2, 0) is 4.79 Å². The van der Waals surface area contributed by atoms with E-state index in [1.807, 2.05) is 42.5 Å². The van der Waals surface area contributed by atoms with Crippen molar-refractivity contribution in [1.29, 1.82) is 0 Å². The zero-order valence-electron chi connectivity index (χ0n) is 14.4. The molecule has 5 nitrogen and oxygen atoms in total. The number of primary amides is 1. The van der Waals surface area contributed by atoms with Crippen LogP contribution in [0, 0.1) is 0 Å². The van der Waals surface area contributed by atoms with Crippen LogP contribution in [0.4, 0.5) is 5.00 Å². The Morgan fingerprint density at radius 2 is 1.85 bits per heavy atom. The molecule has 0 unspecified atom stereocenters. The summed E-state index contributed by atoms with van der Waals surface area (Å²) < 4.78 is 6.52. The van der Waals surface area contributed by atoms with E-state index in [1.165, 1.54) is 11.3 Å². The van der Waals surface area contributed by atoms with Gasteiger partial charge in [-0.05, 0) is 36.8 Å². The van der Waals surface area contributed by atoms with Crippen molar-refractivity contribution in [2.75, 3.05) is 5.32 Å². The highest BCUT2D eigenvalue weighted by Gasteiger charge is 2.21. The van der Waals surface area contributed by atoms with Gasteiger partial charge in [-0.3, -0.25) is 9.59 Å². The van der Waals surface area contributed by atoms with Crippen molar-refractivity contribution in [3.05, 3.63) is 70.7 Å². The second-order valence-corrected chi connectivity index (χ2v) is 7.76. The van der Waals surface area contributed by atoms with E-state index in [0.717, 1.165) is 14.9 Å². The van der Waals surface area contributed by atoms with Crippen LogP contribution in [0.25, 0.3) is 10.4 Å². The van der Waals surface area contributed by atoms with E-state index in [9.17, 15) is 9.59 Å². The van der Waals surface area contributed by atoms with Crippen LogP contribution in [0.2, 0.25) is 0 Å². The molecule has 0 bridgehead atoms. The summed E-state index contributed by atoms with van der Waals surface area (Å²) in [6.07, 6.45) is -0.748. The molecular formula is C20H17BrN2O3S. The highest BCUT2D eigenvalue weighted by molar-refractivity contribution is 9.10. The molecule has 0 aliphatic carbocycles. The van der Waals surface area contributed by atoms with Gasteiger partial charge >= 0.3 is 0 Å². The number of ether oxygens (including phenoxy) is 1. The molecule has 0 radical (unpaired) electrons. The Bertz CT molecular complexity index is 972. The number of nitrogens with two attached hydrogens (primary N) is 1. The Hall–Kier alpha value is -2.64. The minimum atomic E-state index is -0.748. The molecule has 138 valence electrons. The number of anilines is 1. The van der Waals surface area contributed by atoms with Gasteiger partial charge in [0, 0.05) is 9.35 Å². The Morgan fingerprint density at radius 3 is 2.52 bits per heavy atom. The van der Waals surface area contributed by atoms with Gasteiger partial charge in [-0.1, -0.05) is 52.3 Å². The van der Waals surface area contributed by atoms with Crippen molar-refractivity contribution in [2.24, 2.45) is 5.73 Å². The van der Waals surface area contributed by atoms with Crippen molar-refractivity contribution in [3.8, 4) is 16.2 Å². The lowest BCUT2D eigenvalue weighted by atomic mass is 10.1. The molecule has 1 atom stereocenters. The van der Waals surface area contributed by atoms with Gasteiger partial charge in [0.1, 0.15) is 10.8 Å². The third kappa shape index (κ3) is 4.75. The van der Waals surface area contributed by atoms with Gasteiger partial charge in [-0.2, -0.15) is 0 Å². The summed E-state index contributed by atoms with van der Waals surface area (Å²) in [6, 6.07) is 18.5. The van der Waals surface area contributed by atoms with Crippen LogP contribution in [0.3, 0.4) is 0 Å². The number of carbonyl (C=O) groups excluding carboxylic acids is 2. The molecule has 0 spiro atoms. The van der Waals surface area contributed by atoms with Crippen LogP contribution in [-0.4, -0.2) is 17.9 Å². The molecule has 27 heavy (non-hydrogen) atoms. The second-order valence-electron chi connectivity index (χ2n) is 5.79. The Balaban J connectivity index is 1.78. The molecule has 0 saturated heterocycles. The molecule has 2 amide bonds. The molecule has 1 heterocycles. The number of nitrogens with one attached hydrogen (secondary N) is 1. The van der Waals surface area contributed by atoms with Crippen molar-refractivity contribution < 1.29 is 14.3 Å². The Kier molecular flexibility index (Phi) is 5.93. The standard InChI is InChI=1S/C20H17BrN2O3S/c1-12(26-15-9-5-8-14(21)10-15)19(25)23-20-16(18(22)24)11-17(27-20)13-6-3-2-4-7-13/h2-12H,1H3,(H2,22,24)(H,23,25)/t12-/m1/s1. The summed E-state index contributed by atoms with van der Waals surface area (Å²) >= 11 is 4.66. The SMILES string of the molecule is C[C@@H](Oc1cccc(Br)c1)C(=O)Nc1sc(-c2ccccc2)cc1C(N)=O. The Morgan fingerprint density at radius 1 is 1.11 bits per heavy atom. The molecule has 0 aliphatic heterocycles. The first kappa shape index (κ1) is 19.1. The van der Waals surface area contributed by atoms with Gasteiger partial charge in [-0.15, -0.1) is 11.3 Å². The predicted octanol–water partition coefficient (Wildman–Crippen LogP) is 4.68. The molecule has 0 saturated carbocycles. The number of halogens is 1. The topological polar surface area (TPSA) is 81.4 Å². The lowest BCUT2D eigenvalue weighted by Crippen LogP contribution is -2.30. The van der Waals surface area contributed by atoms with Gasteiger partial charge < -0.3 is 15.8 Å². The smallest absolute Gasteiger partial charge is 0.265 e. The van der Waals surface area contributed by atoms with E-state index in [4.69, 9.17) is 10.5 Å². The highest BCUT2D eigenvalue weighted by atomic mass is 79.9. The number of amides is 2. The molecule has 7 heteroatoms. The fourth-order valence-electron chi connectivity index (χ4n) is 2.42. The number of rotatable bonds is 6. The van der Waals surface area contributed by atoms with Crippen molar-refractivity contribution in [1.82, 2.24) is 0 Å². The number of benzene rings is 2. The minimum absolute atomic E-state index is 0.279. The van der Waals surface area contributed by atoms with E-state index in [-0.39, 0.29) is 11.5 Å². The van der Waals surface area contributed by atoms with Crippen LogP contribution < -0.4 is 15.8 Å². The molecule has 0 fully saturated rings. The lowest BCUT2D eigenvalue weighted by Gasteiger charge is -2.14. The van der Waals surface area contributed by atoms with Crippen molar-refractivity contribution in [2.45, 2.75) is 13.0 Å². The normalized spacial score (nSPS) is 11.6. The Labute approximate surface area is 169 Å². The van der Waals surface area contributed by atoms with Crippen molar-refractivity contribution in [3.63, 3.8) is 0 Å². The maximum atomic E-state index is 12.5. The largest absolute Gasteiger partial charge is 0.481 e. The lowest BCUT2D eigenvalue weighted by molar-refractivity contribution is -0.122. The maximum absolute atomic E-state index is 12.5. The number of hydrogen-bond acceptors (Lipinski definition) is 4. The first-order chi connectivity index (χ1) is 12.9. The number of hydrogen-bond donors (Lipinski definition) is 2. The van der Waals surface area contributed by atoms with E-state index in [2.05, 4.69) is 21.2 Å². The zero-order chi connectivity index (χ0) is 19.4. The van der Waals surface area contributed by atoms with E-state index >= 15 is 0 Å². The number of carbonyl (C=O) groups is 2. The van der Waals surface area contributed by atoms with Gasteiger partial charge in [0.25, 0.3) is 11.8 Å². The average molecular weight is 445 g/mol. The monoisotopic (exact) mass is 444 g/mol. The predicted molar refractivity (Wildman–Crippen MR) is 111 cm³/mol. The average Bonchev–Trinajstić information content (AvgIpc) is 3.06. The third-order valence-corrected chi connectivity index (χ3v) is 5.36. The van der Waals surface area contributed by atoms with Gasteiger partial charge in [0.2, 0.25) is 0 Å². The van der Waals surface area contributed by atoms with E-state index in [0.29, 0.717) is 10.8 Å². The molecule has 0 aliphatic rings. The quantitative estimate of drug-likeness (QED) is 0.578. The first-order valence-electron chi connectivity index (χ1n) is 8.16. The first-order valence-corrected chi connectivity index (χ1v) is 9.77. The molecule has 3 N–H and O–H groups in total.